The van der Waals surface area contributed by atoms with Crippen LogP contribution in [0.3, 0.4) is 0 Å². The molecule has 1 fully saturated rings. The highest BCUT2D eigenvalue weighted by Crippen LogP contribution is 2.12. The van der Waals surface area contributed by atoms with Crippen molar-refractivity contribution in [3.63, 3.8) is 0 Å². The first kappa shape index (κ1) is 17.8. The number of aryl methyl sites for hydroxylation is 1. The number of hydrogen-bond acceptors (Lipinski definition) is 4. The molecule has 0 radical (unpaired) electrons. The molecule has 0 aromatic heterocycles. The molecule has 6 nitrogen and oxygen atoms in total. The molecule has 24 heavy (non-hydrogen) atoms. The molecule has 1 aliphatic heterocycles. The van der Waals surface area contributed by atoms with Crippen molar-refractivity contribution in [2.75, 3.05) is 32.8 Å². The van der Waals surface area contributed by atoms with Crippen LogP contribution in [0.2, 0.25) is 0 Å². The van der Waals surface area contributed by atoms with Crippen molar-refractivity contribution in [1.82, 2.24) is 9.80 Å². The Bertz CT molecular complexity index is 599. The molecule has 128 valence electrons. The standard InChI is InChI=1S/C18H23N3O3/c1-15-4-6-16(7-5-15)24-14-2-3-17(22)20-10-12-21(13-11-20)18(23)8-9-19/h4-7H,2-3,8,10-14H2,1H3. The first-order chi connectivity index (χ1) is 11.6. The molecule has 2 rings (SSSR count). The van der Waals surface area contributed by atoms with E-state index in [9.17, 15) is 9.59 Å². The fraction of sp³-hybridized carbons (Fsp3) is 0.500. The Balaban J connectivity index is 1.64. The van der Waals surface area contributed by atoms with Crippen LogP contribution in [0.1, 0.15) is 24.8 Å². The van der Waals surface area contributed by atoms with Gasteiger partial charge >= 0.3 is 0 Å². The molecule has 0 atom stereocenters. The van der Waals surface area contributed by atoms with Crippen LogP contribution in [-0.4, -0.2) is 54.4 Å². The van der Waals surface area contributed by atoms with E-state index in [2.05, 4.69) is 0 Å². The molecule has 0 aliphatic carbocycles. The highest BCUT2D eigenvalue weighted by atomic mass is 16.5. The van der Waals surface area contributed by atoms with Gasteiger partial charge in [-0.3, -0.25) is 9.59 Å². The SMILES string of the molecule is Cc1ccc(OCCCC(=O)N2CCN(C(=O)CC#N)CC2)cc1. The summed E-state index contributed by atoms with van der Waals surface area (Å²) in [5.74, 6) is 0.753. The molecular formula is C18H23N3O3. The van der Waals surface area contributed by atoms with Gasteiger partial charge < -0.3 is 14.5 Å². The van der Waals surface area contributed by atoms with Gasteiger partial charge in [0.25, 0.3) is 0 Å². The second kappa shape index (κ2) is 8.92. The lowest BCUT2D eigenvalue weighted by atomic mass is 10.2. The largest absolute Gasteiger partial charge is 0.494 e. The molecule has 1 saturated heterocycles. The molecule has 1 aromatic carbocycles. The highest BCUT2D eigenvalue weighted by Gasteiger charge is 2.23. The monoisotopic (exact) mass is 329 g/mol. The van der Waals surface area contributed by atoms with Gasteiger partial charge in [-0.1, -0.05) is 17.7 Å². The summed E-state index contributed by atoms with van der Waals surface area (Å²) in [5, 5.41) is 8.55. The molecule has 0 spiro atoms. The molecule has 2 amide bonds. The Morgan fingerprint density at radius 3 is 2.25 bits per heavy atom. The van der Waals surface area contributed by atoms with Crippen LogP contribution in [0.15, 0.2) is 24.3 Å². The summed E-state index contributed by atoms with van der Waals surface area (Å²) in [6.07, 6.45) is 1.02. The van der Waals surface area contributed by atoms with Gasteiger partial charge in [-0.05, 0) is 25.5 Å². The average molecular weight is 329 g/mol. The quantitative estimate of drug-likeness (QED) is 0.745. The van der Waals surface area contributed by atoms with Gasteiger partial charge in [0.05, 0.1) is 12.7 Å². The van der Waals surface area contributed by atoms with Crippen LogP contribution >= 0.6 is 0 Å². The molecule has 0 saturated carbocycles. The summed E-state index contributed by atoms with van der Waals surface area (Å²) >= 11 is 0. The molecule has 0 N–H and O–H groups in total. The van der Waals surface area contributed by atoms with Crippen LogP contribution in [0.5, 0.6) is 5.75 Å². The second-order valence-electron chi connectivity index (χ2n) is 5.86. The number of amides is 2. The van der Waals surface area contributed by atoms with E-state index in [0.29, 0.717) is 45.6 Å². The lowest BCUT2D eigenvalue weighted by Crippen LogP contribution is -2.50. The summed E-state index contributed by atoms with van der Waals surface area (Å²) in [4.78, 5) is 27.2. The first-order valence-electron chi connectivity index (χ1n) is 8.22. The van der Waals surface area contributed by atoms with Gasteiger partial charge in [-0.2, -0.15) is 5.26 Å². The minimum Gasteiger partial charge on any atom is -0.494 e. The summed E-state index contributed by atoms with van der Waals surface area (Å²) < 4.78 is 5.62. The Hall–Kier alpha value is -2.55. The minimum atomic E-state index is -0.156. The van der Waals surface area contributed by atoms with Crippen LogP contribution in [0.25, 0.3) is 0 Å². The van der Waals surface area contributed by atoms with Crippen LogP contribution in [-0.2, 0) is 9.59 Å². The van der Waals surface area contributed by atoms with Gasteiger partial charge in [0.15, 0.2) is 0 Å². The zero-order valence-electron chi connectivity index (χ0n) is 14.0. The predicted octanol–water partition coefficient (Wildman–Crippen LogP) is 1.74. The topological polar surface area (TPSA) is 73.6 Å². The van der Waals surface area contributed by atoms with Crippen molar-refractivity contribution < 1.29 is 14.3 Å². The molecule has 0 bridgehead atoms. The van der Waals surface area contributed by atoms with E-state index in [1.165, 1.54) is 5.56 Å². The maximum Gasteiger partial charge on any atom is 0.236 e. The van der Waals surface area contributed by atoms with Gasteiger partial charge in [-0.15, -0.1) is 0 Å². The number of carbonyl (C=O) groups is 2. The third kappa shape index (κ3) is 5.27. The second-order valence-corrected chi connectivity index (χ2v) is 5.86. The minimum absolute atomic E-state index is 0.0925. The van der Waals surface area contributed by atoms with E-state index in [4.69, 9.17) is 10.00 Å². The molecule has 1 heterocycles. The Morgan fingerprint density at radius 2 is 1.67 bits per heavy atom. The Morgan fingerprint density at radius 1 is 1.08 bits per heavy atom. The first-order valence-corrected chi connectivity index (χ1v) is 8.22. The average Bonchev–Trinajstić information content (AvgIpc) is 2.60. The number of nitrogens with zero attached hydrogens (tertiary/aromatic N) is 3. The van der Waals surface area contributed by atoms with Crippen molar-refractivity contribution in [3.8, 4) is 11.8 Å². The normalized spacial score (nSPS) is 14.2. The molecule has 1 aliphatic rings. The third-order valence-corrected chi connectivity index (χ3v) is 4.04. The van der Waals surface area contributed by atoms with Crippen LogP contribution in [0, 0.1) is 18.3 Å². The van der Waals surface area contributed by atoms with E-state index in [-0.39, 0.29) is 18.2 Å². The highest BCUT2D eigenvalue weighted by molar-refractivity contribution is 5.79. The van der Waals surface area contributed by atoms with E-state index >= 15 is 0 Å². The molecule has 1 aromatic rings. The smallest absolute Gasteiger partial charge is 0.236 e. The summed E-state index contributed by atoms with van der Waals surface area (Å²) in [5.41, 5.74) is 1.19. The predicted molar refractivity (Wildman–Crippen MR) is 89.3 cm³/mol. The number of ether oxygens (including phenoxy) is 1. The van der Waals surface area contributed by atoms with Crippen molar-refractivity contribution in [3.05, 3.63) is 29.8 Å². The van der Waals surface area contributed by atoms with Gasteiger partial charge in [0.1, 0.15) is 12.2 Å². The number of hydrogen-bond donors (Lipinski definition) is 0. The van der Waals surface area contributed by atoms with Crippen LogP contribution in [0.4, 0.5) is 0 Å². The Kier molecular flexibility index (Phi) is 6.62. The van der Waals surface area contributed by atoms with Gasteiger partial charge in [-0.25, -0.2) is 0 Å². The van der Waals surface area contributed by atoms with Gasteiger partial charge in [0.2, 0.25) is 11.8 Å². The lowest BCUT2D eigenvalue weighted by Gasteiger charge is -2.34. The zero-order valence-corrected chi connectivity index (χ0v) is 14.0. The number of piperazine rings is 1. The van der Waals surface area contributed by atoms with E-state index in [1.807, 2.05) is 37.3 Å². The zero-order chi connectivity index (χ0) is 17.4. The maximum absolute atomic E-state index is 12.2. The number of benzene rings is 1. The van der Waals surface area contributed by atoms with Crippen LogP contribution < -0.4 is 4.74 Å². The molecular weight excluding hydrogens is 306 g/mol. The fourth-order valence-electron chi connectivity index (χ4n) is 2.59. The number of rotatable bonds is 6. The van der Waals surface area contributed by atoms with E-state index in [1.54, 1.807) is 9.80 Å². The summed E-state index contributed by atoms with van der Waals surface area (Å²) in [6.45, 7) is 4.62. The van der Waals surface area contributed by atoms with E-state index < -0.39 is 0 Å². The summed E-state index contributed by atoms with van der Waals surface area (Å²) in [7, 11) is 0. The number of carbonyl (C=O) groups excluding carboxylic acids is 2. The molecule has 0 unspecified atom stereocenters. The maximum atomic E-state index is 12.2. The van der Waals surface area contributed by atoms with Gasteiger partial charge in [0, 0.05) is 32.6 Å². The van der Waals surface area contributed by atoms with Crippen molar-refractivity contribution in [1.29, 1.82) is 5.26 Å². The fourth-order valence-corrected chi connectivity index (χ4v) is 2.59. The lowest BCUT2D eigenvalue weighted by molar-refractivity contribution is -0.139. The van der Waals surface area contributed by atoms with Crippen molar-refractivity contribution in [2.24, 2.45) is 0 Å². The van der Waals surface area contributed by atoms with E-state index in [0.717, 1.165) is 5.75 Å². The van der Waals surface area contributed by atoms with Crippen molar-refractivity contribution in [2.45, 2.75) is 26.2 Å². The Labute approximate surface area is 142 Å². The third-order valence-electron chi connectivity index (χ3n) is 4.04. The van der Waals surface area contributed by atoms with Crippen molar-refractivity contribution >= 4 is 11.8 Å². The number of nitriles is 1. The molecule has 6 heteroatoms. The summed E-state index contributed by atoms with van der Waals surface area (Å²) in [6, 6.07) is 9.70.